The molecule has 0 unspecified atom stereocenters. The minimum Gasteiger partial charge on any atom is -0.508 e. The molecule has 0 saturated carbocycles. The Kier molecular flexibility index (Phi) is 2.10. The molecule has 2 atom stereocenters. The van der Waals surface area contributed by atoms with Crippen LogP contribution in [-0.4, -0.2) is 32.5 Å². The molecule has 3 N–H and O–H groups in total. The summed E-state index contributed by atoms with van der Waals surface area (Å²) in [7, 11) is 0. The third-order valence-electron chi connectivity index (χ3n) is 4.10. The monoisotopic (exact) mass is 271 g/mol. The molecule has 5 heteroatoms. The van der Waals surface area contributed by atoms with Crippen LogP contribution in [0.3, 0.4) is 0 Å². The van der Waals surface area contributed by atoms with Gasteiger partial charge in [0.15, 0.2) is 0 Å². The molecule has 0 spiro atoms. The number of aromatic hydroxyl groups is 2. The Bertz CT molecular complexity index is 715. The predicted molar refractivity (Wildman–Crippen MR) is 70.0 cm³/mol. The number of fused-ring (bicyclic) bond motifs is 5. The van der Waals surface area contributed by atoms with Crippen LogP contribution in [0.4, 0.5) is 0 Å². The number of rotatable bonds is 0. The Morgan fingerprint density at radius 2 is 2.00 bits per heavy atom. The van der Waals surface area contributed by atoms with Gasteiger partial charge < -0.3 is 20.1 Å². The van der Waals surface area contributed by atoms with Gasteiger partial charge in [-0.25, -0.2) is 0 Å². The van der Waals surface area contributed by atoms with Crippen molar-refractivity contribution in [2.24, 2.45) is 0 Å². The molecule has 5 nitrogen and oxygen atoms in total. The second-order valence-electron chi connectivity index (χ2n) is 5.45. The standard InChI is InChI=1S/C15H13NO4/c17-8-1-2-10-13(4-8)20-7-15(19)5-12-11(14(10)15)3-9(18)6-16-12/h1-4,6,14,17-19H,5,7H2/t14-,15+/m0/s1. The third-order valence-corrected chi connectivity index (χ3v) is 4.10. The average molecular weight is 271 g/mol. The van der Waals surface area contributed by atoms with E-state index in [1.165, 1.54) is 6.20 Å². The fourth-order valence-corrected chi connectivity index (χ4v) is 3.26. The lowest BCUT2D eigenvalue weighted by Gasteiger charge is -2.36. The van der Waals surface area contributed by atoms with E-state index in [1.807, 2.05) is 0 Å². The third kappa shape index (κ3) is 1.44. The van der Waals surface area contributed by atoms with Crippen molar-refractivity contribution < 1.29 is 20.1 Å². The summed E-state index contributed by atoms with van der Waals surface area (Å²) in [5.74, 6) is 0.485. The van der Waals surface area contributed by atoms with E-state index in [2.05, 4.69) is 4.98 Å². The highest BCUT2D eigenvalue weighted by Crippen LogP contribution is 2.51. The maximum Gasteiger partial charge on any atom is 0.134 e. The van der Waals surface area contributed by atoms with Crippen LogP contribution in [0, 0.1) is 0 Å². The molecule has 0 saturated heterocycles. The summed E-state index contributed by atoms with van der Waals surface area (Å²) in [6.45, 7) is 0.144. The van der Waals surface area contributed by atoms with Crippen molar-refractivity contribution in [1.29, 1.82) is 0 Å². The Morgan fingerprint density at radius 1 is 1.15 bits per heavy atom. The van der Waals surface area contributed by atoms with E-state index in [-0.39, 0.29) is 24.0 Å². The molecule has 1 aliphatic heterocycles. The van der Waals surface area contributed by atoms with Gasteiger partial charge in [-0.1, -0.05) is 6.07 Å². The second-order valence-corrected chi connectivity index (χ2v) is 5.45. The minimum atomic E-state index is -1.05. The molecule has 2 aliphatic rings. The van der Waals surface area contributed by atoms with E-state index in [4.69, 9.17) is 4.74 Å². The first kappa shape index (κ1) is 11.5. The topological polar surface area (TPSA) is 82.8 Å². The Labute approximate surface area is 115 Å². The number of pyridine rings is 1. The maximum atomic E-state index is 10.8. The summed E-state index contributed by atoms with van der Waals surface area (Å²) in [6.07, 6.45) is 1.78. The molecular formula is C15H13NO4. The molecule has 2 aromatic rings. The molecule has 1 aromatic carbocycles. The Hall–Kier alpha value is -2.27. The fourth-order valence-electron chi connectivity index (χ4n) is 3.26. The summed E-state index contributed by atoms with van der Waals surface area (Å²) in [4.78, 5) is 4.20. The van der Waals surface area contributed by atoms with Crippen molar-refractivity contribution in [2.75, 3.05) is 6.61 Å². The van der Waals surface area contributed by atoms with Crippen LogP contribution in [0.5, 0.6) is 17.2 Å². The van der Waals surface area contributed by atoms with Crippen molar-refractivity contribution in [3.63, 3.8) is 0 Å². The Balaban J connectivity index is 1.95. The number of phenols is 1. The van der Waals surface area contributed by atoms with Gasteiger partial charge in [-0.15, -0.1) is 0 Å². The first-order chi connectivity index (χ1) is 9.57. The van der Waals surface area contributed by atoms with Crippen molar-refractivity contribution in [3.05, 3.63) is 47.3 Å². The second kappa shape index (κ2) is 3.64. The zero-order valence-corrected chi connectivity index (χ0v) is 10.6. The number of hydrogen-bond acceptors (Lipinski definition) is 5. The lowest BCUT2D eigenvalue weighted by molar-refractivity contribution is -0.0221. The van der Waals surface area contributed by atoms with E-state index >= 15 is 0 Å². The van der Waals surface area contributed by atoms with Gasteiger partial charge in [-0.05, 0) is 17.7 Å². The lowest BCUT2D eigenvalue weighted by Crippen LogP contribution is -2.43. The average Bonchev–Trinajstić information content (AvgIpc) is 2.71. The summed E-state index contributed by atoms with van der Waals surface area (Å²) < 4.78 is 5.58. The summed E-state index contributed by atoms with van der Waals surface area (Å²) in [6, 6.07) is 6.51. The highest BCUT2D eigenvalue weighted by atomic mass is 16.5. The Morgan fingerprint density at radius 3 is 2.85 bits per heavy atom. The SMILES string of the molecule is Oc1ccc2c(c1)OC[C@]1(O)Cc3ncc(O)cc3[C@H]21. The van der Waals surface area contributed by atoms with Gasteiger partial charge >= 0.3 is 0 Å². The number of hydrogen-bond donors (Lipinski definition) is 3. The van der Waals surface area contributed by atoms with Crippen molar-refractivity contribution in [1.82, 2.24) is 4.98 Å². The quantitative estimate of drug-likeness (QED) is 0.673. The van der Waals surface area contributed by atoms with Crippen LogP contribution in [0.1, 0.15) is 22.7 Å². The summed E-state index contributed by atoms with van der Waals surface area (Å²) in [5.41, 5.74) is 1.36. The van der Waals surface area contributed by atoms with Gasteiger partial charge in [0.05, 0.1) is 6.20 Å². The number of nitrogens with zero attached hydrogens (tertiary/aromatic N) is 1. The van der Waals surface area contributed by atoms with E-state index < -0.39 is 5.60 Å². The molecular weight excluding hydrogens is 258 g/mol. The van der Waals surface area contributed by atoms with Crippen LogP contribution in [0.15, 0.2) is 30.5 Å². The number of phenolic OH excluding ortho intramolecular Hbond substituents is 1. The van der Waals surface area contributed by atoms with Crippen molar-refractivity contribution >= 4 is 0 Å². The van der Waals surface area contributed by atoms with Crippen LogP contribution in [-0.2, 0) is 6.42 Å². The van der Waals surface area contributed by atoms with Gasteiger partial charge in [0.1, 0.15) is 29.5 Å². The zero-order valence-electron chi connectivity index (χ0n) is 10.6. The van der Waals surface area contributed by atoms with Crippen molar-refractivity contribution in [3.8, 4) is 17.2 Å². The normalized spacial score (nSPS) is 26.4. The molecule has 1 aliphatic carbocycles. The first-order valence-corrected chi connectivity index (χ1v) is 6.43. The molecule has 20 heavy (non-hydrogen) atoms. The maximum absolute atomic E-state index is 10.8. The molecule has 0 fully saturated rings. The molecule has 4 rings (SSSR count). The van der Waals surface area contributed by atoms with Crippen LogP contribution in [0.2, 0.25) is 0 Å². The predicted octanol–water partition coefficient (Wildman–Crippen LogP) is 1.30. The smallest absolute Gasteiger partial charge is 0.134 e. The number of aromatic nitrogens is 1. The van der Waals surface area contributed by atoms with E-state index in [0.29, 0.717) is 12.2 Å². The summed E-state index contributed by atoms with van der Waals surface area (Å²) >= 11 is 0. The van der Waals surface area contributed by atoms with Gasteiger partial charge in [-0.2, -0.15) is 0 Å². The van der Waals surface area contributed by atoms with Gasteiger partial charge in [-0.3, -0.25) is 4.98 Å². The van der Waals surface area contributed by atoms with E-state index in [1.54, 1.807) is 24.3 Å². The van der Waals surface area contributed by atoms with Crippen LogP contribution in [0.25, 0.3) is 0 Å². The summed E-state index contributed by atoms with van der Waals surface area (Å²) in [5, 5.41) is 30.0. The first-order valence-electron chi connectivity index (χ1n) is 6.43. The molecule has 0 bridgehead atoms. The van der Waals surface area contributed by atoms with Gasteiger partial charge in [0.2, 0.25) is 0 Å². The lowest BCUT2D eigenvalue weighted by atomic mass is 9.80. The highest BCUT2D eigenvalue weighted by Gasteiger charge is 2.50. The number of ether oxygens (including phenoxy) is 1. The van der Waals surface area contributed by atoms with E-state index in [9.17, 15) is 15.3 Å². The molecule has 102 valence electrons. The molecule has 2 heterocycles. The largest absolute Gasteiger partial charge is 0.508 e. The van der Waals surface area contributed by atoms with Gasteiger partial charge in [0.25, 0.3) is 0 Å². The van der Waals surface area contributed by atoms with Crippen LogP contribution < -0.4 is 4.74 Å². The molecule has 0 amide bonds. The fraction of sp³-hybridized carbons (Fsp3) is 0.267. The molecule has 1 aromatic heterocycles. The number of benzene rings is 1. The van der Waals surface area contributed by atoms with Gasteiger partial charge in [0, 0.05) is 29.7 Å². The van der Waals surface area contributed by atoms with E-state index in [0.717, 1.165) is 16.8 Å². The van der Waals surface area contributed by atoms with Crippen molar-refractivity contribution in [2.45, 2.75) is 17.9 Å². The minimum absolute atomic E-state index is 0.0832. The zero-order chi connectivity index (χ0) is 13.9. The highest BCUT2D eigenvalue weighted by molar-refractivity contribution is 5.54. The molecule has 0 radical (unpaired) electrons. The van der Waals surface area contributed by atoms with Crippen LogP contribution >= 0.6 is 0 Å². The number of aliphatic hydroxyl groups is 1.